The Morgan fingerprint density at radius 1 is 1.21 bits per heavy atom. The van der Waals surface area contributed by atoms with Gasteiger partial charge in [0.05, 0.1) is 39.1 Å². The van der Waals surface area contributed by atoms with E-state index in [0.29, 0.717) is 26.4 Å². The maximum atomic E-state index is 8.56. The summed E-state index contributed by atoms with van der Waals surface area (Å²) in [5, 5.41) is 8.56. The summed E-state index contributed by atoms with van der Waals surface area (Å²) >= 11 is 0. The largest absolute Gasteiger partial charge is 0.382 e. The molecule has 0 spiro atoms. The van der Waals surface area contributed by atoms with E-state index in [1.165, 1.54) is 0 Å². The standard InChI is InChI=1S/C9H18N2O3/c1-9(11,7-10)8-14-6-5-13-4-3-12-2/h3-6,8,11H2,1-2H3. The zero-order chi connectivity index (χ0) is 10.9. The highest BCUT2D eigenvalue weighted by Crippen LogP contribution is 1.96. The van der Waals surface area contributed by atoms with Crippen LogP contribution in [-0.4, -0.2) is 45.7 Å². The minimum absolute atomic E-state index is 0.219. The highest BCUT2D eigenvalue weighted by Gasteiger charge is 2.16. The number of methoxy groups -OCH3 is 1. The van der Waals surface area contributed by atoms with Crippen molar-refractivity contribution in [2.24, 2.45) is 5.73 Å². The van der Waals surface area contributed by atoms with Crippen LogP contribution in [0.4, 0.5) is 0 Å². The molecule has 0 aliphatic heterocycles. The van der Waals surface area contributed by atoms with Gasteiger partial charge in [0.15, 0.2) is 0 Å². The van der Waals surface area contributed by atoms with Gasteiger partial charge in [-0.15, -0.1) is 0 Å². The summed E-state index contributed by atoms with van der Waals surface area (Å²) < 4.78 is 15.1. The fourth-order valence-corrected chi connectivity index (χ4v) is 0.679. The Morgan fingerprint density at radius 3 is 2.36 bits per heavy atom. The molecule has 0 aromatic carbocycles. The van der Waals surface area contributed by atoms with Gasteiger partial charge in [-0.2, -0.15) is 5.26 Å². The van der Waals surface area contributed by atoms with Crippen LogP contribution in [0.25, 0.3) is 0 Å². The number of nitrogens with two attached hydrogens (primary N) is 1. The highest BCUT2D eigenvalue weighted by molar-refractivity contribution is 5.00. The van der Waals surface area contributed by atoms with Gasteiger partial charge in [0.25, 0.3) is 0 Å². The van der Waals surface area contributed by atoms with Gasteiger partial charge >= 0.3 is 0 Å². The van der Waals surface area contributed by atoms with Gasteiger partial charge < -0.3 is 19.9 Å². The minimum atomic E-state index is -0.910. The molecule has 0 aliphatic rings. The van der Waals surface area contributed by atoms with Crippen molar-refractivity contribution in [2.75, 3.05) is 40.1 Å². The lowest BCUT2D eigenvalue weighted by atomic mass is 10.1. The number of nitrogens with zero attached hydrogens (tertiary/aromatic N) is 1. The number of ether oxygens (including phenoxy) is 3. The van der Waals surface area contributed by atoms with E-state index in [-0.39, 0.29) is 6.61 Å². The second-order valence-corrected chi connectivity index (χ2v) is 3.19. The van der Waals surface area contributed by atoms with Crippen molar-refractivity contribution in [1.82, 2.24) is 0 Å². The molecule has 5 heteroatoms. The number of hydrogen-bond donors (Lipinski definition) is 1. The van der Waals surface area contributed by atoms with Crippen LogP contribution in [0.1, 0.15) is 6.92 Å². The molecule has 0 heterocycles. The first-order valence-corrected chi connectivity index (χ1v) is 4.47. The molecule has 1 atom stereocenters. The molecule has 82 valence electrons. The van der Waals surface area contributed by atoms with E-state index in [1.807, 2.05) is 6.07 Å². The first kappa shape index (κ1) is 13.3. The number of nitriles is 1. The van der Waals surface area contributed by atoms with Crippen LogP contribution in [0.3, 0.4) is 0 Å². The summed E-state index contributed by atoms with van der Waals surface area (Å²) in [4.78, 5) is 0. The zero-order valence-electron chi connectivity index (χ0n) is 8.78. The first-order valence-electron chi connectivity index (χ1n) is 4.47. The summed E-state index contributed by atoms with van der Waals surface area (Å²) in [5.41, 5.74) is 4.62. The molecule has 0 rings (SSSR count). The monoisotopic (exact) mass is 202 g/mol. The van der Waals surface area contributed by atoms with Crippen molar-refractivity contribution in [1.29, 1.82) is 5.26 Å². The fourth-order valence-electron chi connectivity index (χ4n) is 0.679. The smallest absolute Gasteiger partial charge is 0.124 e. The molecular weight excluding hydrogens is 184 g/mol. The second-order valence-electron chi connectivity index (χ2n) is 3.19. The molecule has 5 nitrogen and oxygen atoms in total. The summed E-state index contributed by atoms with van der Waals surface area (Å²) in [6.45, 7) is 3.91. The Morgan fingerprint density at radius 2 is 1.79 bits per heavy atom. The van der Waals surface area contributed by atoms with Crippen molar-refractivity contribution < 1.29 is 14.2 Å². The zero-order valence-corrected chi connectivity index (χ0v) is 8.78. The Balaban J connectivity index is 3.18. The molecule has 2 N–H and O–H groups in total. The molecule has 0 radical (unpaired) electrons. The molecule has 0 saturated heterocycles. The maximum Gasteiger partial charge on any atom is 0.124 e. The fraction of sp³-hybridized carbons (Fsp3) is 0.889. The third-order valence-electron chi connectivity index (χ3n) is 1.46. The predicted octanol–water partition coefficient (Wildman–Crippen LogP) is -0.0930. The van der Waals surface area contributed by atoms with Gasteiger partial charge in [-0.05, 0) is 6.92 Å². The van der Waals surface area contributed by atoms with E-state index in [0.717, 1.165) is 0 Å². The van der Waals surface area contributed by atoms with Gasteiger partial charge in [0.2, 0.25) is 0 Å². The Labute approximate surface area is 84.7 Å². The SMILES string of the molecule is COCCOCCOCC(C)(N)C#N. The average Bonchev–Trinajstić information content (AvgIpc) is 2.16. The lowest BCUT2D eigenvalue weighted by molar-refractivity contribution is 0.0181. The van der Waals surface area contributed by atoms with E-state index >= 15 is 0 Å². The maximum absolute atomic E-state index is 8.56. The van der Waals surface area contributed by atoms with Gasteiger partial charge in [0.1, 0.15) is 5.54 Å². The van der Waals surface area contributed by atoms with Crippen molar-refractivity contribution in [3.05, 3.63) is 0 Å². The quantitative estimate of drug-likeness (QED) is 0.556. The number of hydrogen-bond acceptors (Lipinski definition) is 5. The molecular formula is C9H18N2O3. The minimum Gasteiger partial charge on any atom is -0.382 e. The molecule has 1 unspecified atom stereocenters. The highest BCUT2D eigenvalue weighted by atomic mass is 16.5. The third-order valence-corrected chi connectivity index (χ3v) is 1.46. The molecule has 0 amide bonds. The summed E-state index contributed by atoms with van der Waals surface area (Å²) in [7, 11) is 1.62. The van der Waals surface area contributed by atoms with Crippen LogP contribution in [0.5, 0.6) is 0 Å². The van der Waals surface area contributed by atoms with Crippen LogP contribution in [-0.2, 0) is 14.2 Å². The summed E-state index contributed by atoms with van der Waals surface area (Å²) in [6, 6.07) is 1.94. The van der Waals surface area contributed by atoms with Crippen LogP contribution in [0.2, 0.25) is 0 Å². The van der Waals surface area contributed by atoms with Crippen LogP contribution in [0.15, 0.2) is 0 Å². The number of rotatable bonds is 8. The van der Waals surface area contributed by atoms with E-state index in [4.69, 9.17) is 25.2 Å². The lowest BCUT2D eigenvalue weighted by Crippen LogP contribution is -2.39. The van der Waals surface area contributed by atoms with E-state index in [9.17, 15) is 0 Å². The topological polar surface area (TPSA) is 77.5 Å². The second kappa shape index (κ2) is 7.71. The van der Waals surface area contributed by atoms with Gasteiger partial charge in [0, 0.05) is 7.11 Å². The molecule has 0 fully saturated rings. The van der Waals surface area contributed by atoms with Crippen LogP contribution >= 0.6 is 0 Å². The van der Waals surface area contributed by atoms with E-state index in [2.05, 4.69) is 0 Å². The van der Waals surface area contributed by atoms with Crippen molar-refractivity contribution in [3.8, 4) is 6.07 Å². The predicted molar refractivity (Wildman–Crippen MR) is 51.7 cm³/mol. The van der Waals surface area contributed by atoms with E-state index < -0.39 is 5.54 Å². The molecule has 0 bridgehead atoms. The molecule has 0 aromatic rings. The molecule has 0 aromatic heterocycles. The summed E-state index contributed by atoms with van der Waals surface area (Å²) in [6.07, 6.45) is 0. The van der Waals surface area contributed by atoms with Crippen LogP contribution < -0.4 is 5.73 Å². The first-order chi connectivity index (χ1) is 6.62. The van der Waals surface area contributed by atoms with Crippen LogP contribution in [0, 0.1) is 11.3 Å². The van der Waals surface area contributed by atoms with E-state index in [1.54, 1.807) is 14.0 Å². The van der Waals surface area contributed by atoms with Crippen molar-refractivity contribution in [3.63, 3.8) is 0 Å². The van der Waals surface area contributed by atoms with Gasteiger partial charge in [-0.1, -0.05) is 0 Å². The van der Waals surface area contributed by atoms with Gasteiger partial charge in [-0.3, -0.25) is 0 Å². The normalized spacial score (nSPS) is 14.7. The third kappa shape index (κ3) is 7.95. The van der Waals surface area contributed by atoms with Gasteiger partial charge in [-0.25, -0.2) is 0 Å². The van der Waals surface area contributed by atoms with Crippen molar-refractivity contribution in [2.45, 2.75) is 12.5 Å². The summed E-state index contributed by atoms with van der Waals surface area (Å²) in [5.74, 6) is 0. The average molecular weight is 202 g/mol. The Kier molecular flexibility index (Phi) is 7.34. The lowest BCUT2D eigenvalue weighted by Gasteiger charge is -2.15. The Bertz CT molecular complexity index is 177. The van der Waals surface area contributed by atoms with Crippen molar-refractivity contribution >= 4 is 0 Å². The molecule has 0 aliphatic carbocycles. The molecule has 14 heavy (non-hydrogen) atoms. The molecule has 0 saturated carbocycles. The Hall–Kier alpha value is -0.670.